The molecule has 0 fully saturated rings. The Morgan fingerprint density at radius 2 is 1.76 bits per heavy atom. The van der Waals surface area contributed by atoms with Crippen molar-refractivity contribution in [1.82, 2.24) is 0 Å². The van der Waals surface area contributed by atoms with E-state index in [4.69, 9.17) is 4.74 Å². The fourth-order valence-corrected chi connectivity index (χ4v) is 1.85. The van der Waals surface area contributed by atoms with Gasteiger partial charge in [0.15, 0.2) is 4.90 Å². The van der Waals surface area contributed by atoms with Crippen molar-refractivity contribution in [3.63, 3.8) is 0 Å². The second-order valence-electron chi connectivity index (χ2n) is 4.91. The predicted molar refractivity (Wildman–Crippen MR) is 73.6 cm³/mol. The number of rotatable bonds is 4. The fraction of sp³-hybridized carbons (Fsp3) is 0.500. The number of ether oxygens (including phenoxy) is 1. The summed E-state index contributed by atoms with van der Waals surface area (Å²) in [4.78, 5) is 13.1. The monoisotopic (exact) mass is 253 g/mol. The van der Waals surface area contributed by atoms with Gasteiger partial charge in [-0.25, -0.2) is 0 Å². The summed E-state index contributed by atoms with van der Waals surface area (Å²) in [5.74, 6) is 0.463. The van der Waals surface area contributed by atoms with Crippen molar-refractivity contribution in [2.45, 2.75) is 32.1 Å². The Hall–Kier alpha value is -0.960. The molecule has 94 valence electrons. The van der Waals surface area contributed by atoms with Gasteiger partial charge in [0.2, 0.25) is 0 Å². The highest BCUT2D eigenvalue weighted by molar-refractivity contribution is 7.95. The van der Waals surface area contributed by atoms with Crippen LogP contribution in [0.3, 0.4) is 0 Å². The number of benzene rings is 1. The van der Waals surface area contributed by atoms with Crippen LogP contribution in [0, 0.1) is 5.41 Å². The minimum Gasteiger partial charge on any atom is -0.426 e. The lowest BCUT2D eigenvalue weighted by Gasteiger charge is -2.19. The standard InChI is InChI=1S/C14H21O2S/c1-6-14(2,3)13(15)16-11-7-9-12(10-8-11)17(4)5/h7-10H,6H2,1-5H3/q+1. The maximum absolute atomic E-state index is 11.9. The molecule has 0 aliphatic heterocycles. The SMILES string of the molecule is CCC(C)(C)C(=O)Oc1ccc([S+](C)C)cc1. The van der Waals surface area contributed by atoms with E-state index in [9.17, 15) is 4.79 Å². The van der Waals surface area contributed by atoms with Crippen molar-refractivity contribution in [3.05, 3.63) is 24.3 Å². The molecule has 0 amide bonds. The molecule has 2 nitrogen and oxygen atoms in total. The number of hydrogen-bond acceptors (Lipinski definition) is 2. The molecule has 0 spiro atoms. The molecular weight excluding hydrogens is 232 g/mol. The minimum absolute atomic E-state index is 0.167. The summed E-state index contributed by atoms with van der Waals surface area (Å²) in [5.41, 5.74) is -0.418. The molecule has 0 radical (unpaired) electrons. The van der Waals surface area contributed by atoms with Crippen LogP contribution in [0.15, 0.2) is 29.2 Å². The molecule has 0 unspecified atom stereocenters. The van der Waals surface area contributed by atoms with E-state index in [0.717, 1.165) is 6.42 Å². The van der Waals surface area contributed by atoms with Crippen molar-refractivity contribution >= 4 is 16.9 Å². The normalized spacial score (nSPS) is 11.6. The second kappa shape index (κ2) is 5.58. The van der Waals surface area contributed by atoms with Gasteiger partial charge in [0.05, 0.1) is 5.41 Å². The molecule has 1 rings (SSSR count). The molecule has 0 aliphatic rings. The highest BCUT2D eigenvalue weighted by Gasteiger charge is 2.27. The van der Waals surface area contributed by atoms with Crippen LogP contribution in [0.5, 0.6) is 5.75 Å². The molecule has 0 atom stereocenters. The van der Waals surface area contributed by atoms with Gasteiger partial charge in [-0.3, -0.25) is 4.79 Å². The molecule has 0 aromatic heterocycles. The van der Waals surface area contributed by atoms with Crippen molar-refractivity contribution in [1.29, 1.82) is 0 Å². The summed E-state index contributed by atoms with van der Waals surface area (Å²) in [5, 5.41) is 0. The molecule has 0 heterocycles. The van der Waals surface area contributed by atoms with Crippen molar-refractivity contribution < 1.29 is 9.53 Å². The first kappa shape index (κ1) is 14.1. The summed E-state index contributed by atoms with van der Waals surface area (Å²) in [7, 11) is 0.241. The van der Waals surface area contributed by atoms with Crippen molar-refractivity contribution in [2.75, 3.05) is 12.5 Å². The van der Waals surface area contributed by atoms with Gasteiger partial charge in [-0.15, -0.1) is 0 Å². The zero-order chi connectivity index (χ0) is 13.1. The topological polar surface area (TPSA) is 26.3 Å². The van der Waals surface area contributed by atoms with E-state index in [1.165, 1.54) is 4.90 Å². The average Bonchev–Trinajstić information content (AvgIpc) is 2.29. The Morgan fingerprint density at radius 3 is 2.18 bits per heavy atom. The molecule has 17 heavy (non-hydrogen) atoms. The molecule has 1 aromatic rings. The van der Waals surface area contributed by atoms with Gasteiger partial charge >= 0.3 is 5.97 Å². The number of hydrogen-bond donors (Lipinski definition) is 0. The summed E-state index contributed by atoms with van der Waals surface area (Å²) in [6.45, 7) is 5.79. The third-order valence-electron chi connectivity index (χ3n) is 2.94. The third-order valence-corrected chi connectivity index (χ3v) is 4.16. The van der Waals surface area contributed by atoms with Crippen LogP contribution in [0.1, 0.15) is 27.2 Å². The van der Waals surface area contributed by atoms with E-state index in [1.54, 1.807) is 0 Å². The Bertz CT molecular complexity index is 380. The van der Waals surface area contributed by atoms with Crippen LogP contribution in [0.4, 0.5) is 0 Å². The molecule has 0 bridgehead atoms. The first-order valence-electron chi connectivity index (χ1n) is 5.77. The maximum Gasteiger partial charge on any atom is 0.316 e. The molecular formula is C14H21O2S+. The van der Waals surface area contributed by atoms with Crippen LogP contribution in [-0.2, 0) is 15.7 Å². The highest BCUT2D eigenvalue weighted by Crippen LogP contribution is 2.24. The second-order valence-corrected chi connectivity index (χ2v) is 7.02. The smallest absolute Gasteiger partial charge is 0.316 e. The van der Waals surface area contributed by atoms with Gasteiger partial charge in [0, 0.05) is 10.9 Å². The number of carbonyl (C=O) groups is 1. The van der Waals surface area contributed by atoms with E-state index in [0.29, 0.717) is 5.75 Å². The lowest BCUT2D eigenvalue weighted by Crippen LogP contribution is -2.28. The van der Waals surface area contributed by atoms with Crippen LogP contribution in [0.25, 0.3) is 0 Å². The Labute approximate surface area is 107 Å². The number of carbonyl (C=O) groups excluding carboxylic acids is 1. The van der Waals surface area contributed by atoms with E-state index < -0.39 is 5.41 Å². The maximum atomic E-state index is 11.9. The largest absolute Gasteiger partial charge is 0.426 e. The first-order chi connectivity index (χ1) is 7.86. The van der Waals surface area contributed by atoms with Gasteiger partial charge in [-0.2, -0.15) is 0 Å². The van der Waals surface area contributed by atoms with Gasteiger partial charge in [-0.1, -0.05) is 6.92 Å². The Kier molecular flexibility index (Phi) is 4.63. The van der Waals surface area contributed by atoms with E-state index in [1.807, 2.05) is 45.0 Å². The van der Waals surface area contributed by atoms with E-state index >= 15 is 0 Å². The molecule has 0 saturated heterocycles. The molecule has 0 saturated carbocycles. The molecule has 0 N–H and O–H groups in total. The van der Waals surface area contributed by atoms with Crippen molar-refractivity contribution in [2.24, 2.45) is 5.41 Å². The fourth-order valence-electron chi connectivity index (χ4n) is 1.17. The Balaban J connectivity index is 2.73. The minimum atomic E-state index is -0.418. The van der Waals surface area contributed by atoms with Crippen LogP contribution >= 0.6 is 0 Å². The van der Waals surface area contributed by atoms with Gasteiger partial charge in [0.1, 0.15) is 18.3 Å². The van der Waals surface area contributed by atoms with Gasteiger partial charge in [0.25, 0.3) is 0 Å². The summed E-state index contributed by atoms with van der Waals surface area (Å²) < 4.78 is 5.37. The molecule has 1 aromatic carbocycles. The lowest BCUT2D eigenvalue weighted by molar-refractivity contribution is -0.144. The third kappa shape index (κ3) is 3.77. The zero-order valence-corrected chi connectivity index (χ0v) is 12.1. The first-order valence-corrected chi connectivity index (χ1v) is 7.81. The van der Waals surface area contributed by atoms with Crippen molar-refractivity contribution in [3.8, 4) is 5.75 Å². The van der Waals surface area contributed by atoms with Crippen LogP contribution in [-0.4, -0.2) is 18.5 Å². The van der Waals surface area contributed by atoms with Gasteiger partial charge < -0.3 is 4.74 Å². The molecule has 3 heteroatoms. The van der Waals surface area contributed by atoms with Crippen LogP contribution < -0.4 is 4.74 Å². The predicted octanol–water partition coefficient (Wildman–Crippen LogP) is 3.27. The average molecular weight is 253 g/mol. The summed E-state index contributed by atoms with van der Waals surface area (Å²) in [6.07, 6.45) is 5.11. The molecule has 0 aliphatic carbocycles. The van der Waals surface area contributed by atoms with E-state index in [-0.39, 0.29) is 16.9 Å². The number of esters is 1. The zero-order valence-electron chi connectivity index (χ0n) is 11.2. The highest BCUT2D eigenvalue weighted by atomic mass is 32.2. The van der Waals surface area contributed by atoms with E-state index in [2.05, 4.69) is 12.5 Å². The van der Waals surface area contributed by atoms with Gasteiger partial charge in [-0.05, 0) is 44.5 Å². The summed E-state index contributed by atoms with van der Waals surface area (Å²) in [6, 6.07) is 7.77. The van der Waals surface area contributed by atoms with Crippen LogP contribution in [0.2, 0.25) is 0 Å². The lowest BCUT2D eigenvalue weighted by atomic mass is 9.91. The summed E-state index contributed by atoms with van der Waals surface area (Å²) >= 11 is 0. The Morgan fingerprint density at radius 1 is 1.24 bits per heavy atom. The quantitative estimate of drug-likeness (QED) is 0.468.